The fourth-order valence-electron chi connectivity index (χ4n) is 1.53. The largest absolute Gasteiger partial charge is 0.478 e. The highest BCUT2D eigenvalue weighted by Gasteiger charge is 2.46. The summed E-state index contributed by atoms with van der Waals surface area (Å²) in [7, 11) is 0. The van der Waals surface area contributed by atoms with Gasteiger partial charge in [0.05, 0.1) is 0 Å². The van der Waals surface area contributed by atoms with Gasteiger partial charge in [-0.05, 0) is 25.5 Å². The number of benzene rings is 1. The lowest BCUT2D eigenvalue weighted by atomic mass is 9.94. The highest BCUT2D eigenvalue weighted by Crippen LogP contribution is 2.24. The Morgan fingerprint density at radius 1 is 1.21 bits per heavy atom. The van der Waals surface area contributed by atoms with Crippen LogP contribution in [0.4, 0.5) is 5.69 Å². The lowest BCUT2D eigenvalue weighted by Crippen LogP contribution is -2.43. The van der Waals surface area contributed by atoms with Crippen LogP contribution in [0.15, 0.2) is 24.3 Å². The van der Waals surface area contributed by atoms with E-state index in [4.69, 9.17) is 10.2 Å². The Bertz CT molecular complexity index is 454. The van der Waals surface area contributed by atoms with Crippen molar-refractivity contribution in [1.82, 2.24) is 0 Å². The third-order valence-corrected chi connectivity index (χ3v) is 2.95. The predicted molar refractivity (Wildman–Crippen MR) is 69.0 cm³/mol. The molecule has 1 aromatic carbocycles. The maximum absolute atomic E-state index is 10.9. The molecule has 4 N–H and O–H groups in total. The van der Waals surface area contributed by atoms with Gasteiger partial charge < -0.3 is 20.6 Å². The molecule has 0 aliphatic heterocycles. The van der Waals surface area contributed by atoms with Crippen molar-refractivity contribution in [3.63, 3.8) is 0 Å². The average molecular weight is 267 g/mol. The molecule has 19 heavy (non-hydrogen) atoms. The number of hydrogen-bond donors (Lipinski definition) is 4. The highest BCUT2D eigenvalue weighted by atomic mass is 16.4. The second-order valence-electron chi connectivity index (χ2n) is 4.35. The summed E-state index contributed by atoms with van der Waals surface area (Å²) < 4.78 is 0. The summed E-state index contributed by atoms with van der Waals surface area (Å²) >= 11 is 0. The predicted octanol–water partition coefficient (Wildman–Crippen LogP) is 1.25. The molecule has 1 atom stereocenters. The summed E-state index contributed by atoms with van der Waals surface area (Å²) in [6.07, 6.45) is 0.913. The second kappa shape index (κ2) is 5.71. The standard InChI is InChI=1S/C13H17NO5/c1-3-8(2)14-10-6-4-9(5-7-10)13(19,11(15)16)12(17)18/h4-8,14,19H,3H2,1-2H3,(H,15,16)(H,17,18). The molecule has 6 heteroatoms. The SMILES string of the molecule is CCC(C)Nc1ccc(C(O)(C(=O)O)C(=O)O)cc1. The lowest BCUT2D eigenvalue weighted by molar-refractivity contribution is -0.177. The van der Waals surface area contributed by atoms with E-state index in [0.29, 0.717) is 0 Å². The summed E-state index contributed by atoms with van der Waals surface area (Å²) in [5.41, 5.74) is -2.38. The van der Waals surface area contributed by atoms with Crippen LogP contribution in [-0.2, 0) is 15.2 Å². The van der Waals surface area contributed by atoms with Crippen LogP contribution in [-0.4, -0.2) is 33.3 Å². The molecule has 0 radical (unpaired) electrons. The van der Waals surface area contributed by atoms with E-state index in [2.05, 4.69) is 5.32 Å². The van der Waals surface area contributed by atoms with Gasteiger partial charge in [0, 0.05) is 17.3 Å². The lowest BCUT2D eigenvalue weighted by Gasteiger charge is -2.19. The van der Waals surface area contributed by atoms with E-state index in [-0.39, 0.29) is 11.6 Å². The van der Waals surface area contributed by atoms with Crippen molar-refractivity contribution in [3.8, 4) is 0 Å². The monoisotopic (exact) mass is 267 g/mol. The molecule has 1 aromatic rings. The molecule has 104 valence electrons. The van der Waals surface area contributed by atoms with Gasteiger partial charge in [0.25, 0.3) is 5.60 Å². The Kier molecular flexibility index (Phi) is 4.50. The highest BCUT2D eigenvalue weighted by molar-refractivity contribution is 6.02. The summed E-state index contributed by atoms with van der Waals surface area (Å²) in [6, 6.07) is 5.89. The van der Waals surface area contributed by atoms with Gasteiger partial charge in [-0.1, -0.05) is 19.1 Å². The summed E-state index contributed by atoms with van der Waals surface area (Å²) in [5.74, 6) is -3.63. The second-order valence-corrected chi connectivity index (χ2v) is 4.35. The van der Waals surface area contributed by atoms with Crippen LogP contribution in [0, 0.1) is 0 Å². The van der Waals surface area contributed by atoms with Gasteiger partial charge in [-0.25, -0.2) is 9.59 Å². The number of aliphatic hydroxyl groups is 1. The van der Waals surface area contributed by atoms with E-state index >= 15 is 0 Å². The van der Waals surface area contributed by atoms with E-state index in [1.54, 1.807) is 12.1 Å². The first-order valence-corrected chi connectivity index (χ1v) is 5.88. The number of anilines is 1. The molecule has 0 heterocycles. The fourth-order valence-corrected chi connectivity index (χ4v) is 1.53. The molecule has 0 aliphatic carbocycles. The van der Waals surface area contributed by atoms with E-state index < -0.39 is 17.5 Å². The molecular weight excluding hydrogens is 250 g/mol. The molecule has 0 saturated heterocycles. The zero-order valence-electron chi connectivity index (χ0n) is 10.8. The Hall–Kier alpha value is -2.08. The summed E-state index contributed by atoms with van der Waals surface area (Å²) in [4.78, 5) is 21.9. The van der Waals surface area contributed by atoms with Gasteiger partial charge in [-0.3, -0.25) is 0 Å². The zero-order valence-corrected chi connectivity index (χ0v) is 10.8. The topological polar surface area (TPSA) is 107 Å². The first-order chi connectivity index (χ1) is 8.82. The maximum Gasteiger partial charge on any atom is 0.352 e. The molecule has 0 saturated carbocycles. The fraction of sp³-hybridized carbons (Fsp3) is 0.385. The summed E-state index contributed by atoms with van der Waals surface area (Å²) in [5, 5.41) is 30.6. The maximum atomic E-state index is 10.9. The van der Waals surface area contributed by atoms with Gasteiger partial charge in [-0.2, -0.15) is 0 Å². The van der Waals surface area contributed by atoms with Gasteiger partial charge in [0.15, 0.2) is 0 Å². The average Bonchev–Trinajstić information content (AvgIpc) is 2.37. The van der Waals surface area contributed by atoms with Crippen LogP contribution in [0.1, 0.15) is 25.8 Å². The number of carboxylic acids is 2. The number of aliphatic carboxylic acids is 2. The smallest absolute Gasteiger partial charge is 0.352 e. The molecule has 0 spiro atoms. The van der Waals surface area contributed by atoms with Crippen LogP contribution in [0.3, 0.4) is 0 Å². The molecule has 6 nitrogen and oxygen atoms in total. The van der Waals surface area contributed by atoms with Crippen molar-refractivity contribution >= 4 is 17.6 Å². The molecule has 1 rings (SSSR count). The molecule has 0 aromatic heterocycles. The van der Waals surface area contributed by atoms with Crippen molar-refractivity contribution in [2.75, 3.05) is 5.32 Å². The molecular formula is C13H17NO5. The molecule has 0 fully saturated rings. The van der Waals surface area contributed by atoms with Gasteiger partial charge in [-0.15, -0.1) is 0 Å². The van der Waals surface area contributed by atoms with Crippen molar-refractivity contribution in [3.05, 3.63) is 29.8 Å². The van der Waals surface area contributed by atoms with Gasteiger partial charge >= 0.3 is 11.9 Å². The number of rotatable bonds is 6. The van der Waals surface area contributed by atoms with Crippen LogP contribution in [0.2, 0.25) is 0 Å². The zero-order chi connectivity index (χ0) is 14.6. The minimum Gasteiger partial charge on any atom is -0.478 e. The van der Waals surface area contributed by atoms with Crippen LogP contribution in [0.25, 0.3) is 0 Å². The Morgan fingerprint density at radius 2 is 1.68 bits per heavy atom. The van der Waals surface area contributed by atoms with Crippen molar-refractivity contribution in [2.24, 2.45) is 0 Å². The van der Waals surface area contributed by atoms with Crippen molar-refractivity contribution in [1.29, 1.82) is 0 Å². The van der Waals surface area contributed by atoms with E-state index in [0.717, 1.165) is 12.1 Å². The normalized spacial score (nSPS) is 12.8. The quantitative estimate of drug-likeness (QED) is 0.578. The number of carboxylic acid groups (broad SMARTS) is 2. The van der Waals surface area contributed by atoms with Crippen LogP contribution < -0.4 is 5.32 Å². The number of carbonyl (C=O) groups is 2. The van der Waals surface area contributed by atoms with Crippen molar-refractivity contribution < 1.29 is 24.9 Å². The molecule has 0 aliphatic rings. The minimum atomic E-state index is -2.92. The first kappa shape index (κ1) is 15.0. The molecule has 1 unspecified atom stereocenters. The van der Waals surface area contributed by atoms with Crippen LogP contribution >= 0.6 is 0 Å². The third kappa shape index (κ3) is 3.03. The van der Waals surface area contributed by atoms with E-state index in [1.165, 1.54) is 12.1 Å². The van der Waals surface area contributed by atoms with Gasteiger partial charge in [0.1, 0.15) is 0 Å². The van der Waals surface area contributed by atoms with E-state index in [1.807, 2.05) is 13.8 Å². The Balaban J connectivity index is 3.03. The Labute approximate surface area is 110 Å². The molecule has 0 bridgehead atoms. The molecule has 0 amide bonds. The number of hydrogen-bond acceptors (Lipinski definition) is 4. The third-order valence-electron chi connectivity index (χ3n) is 2.95. The van der Waals surface area contributed by atoms with E-state index in [9.17, 15) is 14.7 Å². The Morgan fingerprint density at radius 3 is 2.05 bits per heavy atom. The minimum absolute atomic E-state index is 0.192. The first-order valence-electron chi connectivity index (χ1n) is 5.88. The van der Waals surface area contributed by atoms with Gasteiger partial charge in [0.2, 0.25) is 0 Å². The van der Waals surface area contributed by atoms with Crippen LogP contribution in [0.5, 0.6) is 0 Å². The summed E-state index contributed by atoms with van der Waals surface area (Å²) in [6.45, 7) is 4.00. The number of nitrogens with one attached hydrogen (secondary N) is 1. The van der Waals surface area contributed by atoms with Crippen molar-refractivity contribution in [2.45, 2.75) is 31.9 Å².